The number of carbonyl (C=O) groups excluding carboxylic acids is 2. The van der Waals surface area contributed by atoms with Gasteiger partial charge in [0.2, 0.25) is 0 Å². The van der Waals surface area contributed by atoms with E-state index in [9.17, 15) is 9.59 Å². The molecule has 1 saturated heterocycles. The second kappa shape index (κ2) is 9.44. The normalized spacial score (nSPS) is 14.0. The minimum Gasteiger partial charge on any atom is -0.349 e. The Morgan fingerprint density at radius 1 is 0.963 bits per heavy atom. The second-order valence-electron chi connectivity index (χ2n) is 6.43. The molecule has 5 nitrogen and oxygen atoms in total. The number of hydrogen-bond donors (Lipinski definition) is 2. The van der Waals surface area contributed by atoms with Crippen LogP contribution in [0.25, 0.3) is 0 Å². The molecule has 0 unspecified atom stereocenters. The number of carbonyl (C=O) groups is 2. The van der Waals surface area contributed by atoms with Crippen molar-refractivity contribution in [1.29, 1.82) is 0 Å². The van der Waals surface area contributed by atoms with Gasteiger partial charge in [-0.1, -0.05) is 48.2 Å². The fourth-order valence-electron chi connectivity index (χ4n) is 2.98. The van der Waals surface area contributed by atoms with E-state index in [-0.39, 0.29) is 18.0 Å². The fourth-order valence-corrected chi connectivity index (χ4v) is 2.98. The summed E-state index contributed by atoms with van der Waals surface area (Å²) in [7, 11) is 0. The Morgan fingerprint density at radius 2 is 1.59 bits per heavy atom. The molecule has 0 aliphatic carbocycles. The molecule has 1 fully saturated rings. The summed E-state index contributed by atoms with van der Waals surface area (Å²) in [6.45, 7) is 1.56. The van der Waals surface area contributed by atoms with E-state index in [4.69, 9.17) is 0 Å². The van der Waals surface area contributed by atoms with Gasteiger partial charge in [-0.25, -0.2) is 4.79 Å². The van der Waals surface area contributed by atoms with E-state index in [1.54, 1.807) is 17.0 Å². The van der Waals surface area contributed by atoms with Crippen molar-refractivity contribution in [3.05, 3.63) is 71.8 Å². The van der Waals surface area contributed by atoms with Crippen LogP contribution in [0.15, 0.2) is 60.7 Å². The Bertz CT molecular complexity index is 817. The van der Waals surface area contributed by atoms with Gasteiger partial charge in [0.15, 0.2) is 0 Å². The highest BCUT2D eigenvalue weighted by atomic mass is 16.2. The van der Waals surface area contributed by atoms with Gasteiger partial charge in [0.1, 0.15) is 0 Å². The molecule has 0 saturated carbocycles. The molecule has 1 aliphatic heterocycles. The fraction of sp³-hybridized carbons (Fsp3) is 0.273. The summed E-state index contributed by atoms with van der Waals surface area (Å²) in [5.74, 6) is 5.92. The summed E-state index contributed by atoms with van der Waals surface area (Å²) >= 11 is 0. The van der Waals surface area contributed by atoms with Gasteiger partial charge in [0.05, 0.1) is 6.54 Å². The molecule has 138 valence electrons. The van der Waals surface area contributed by atoms with Gasteiger partial charge >= 0.3 is 6.03 Å². The number of rotatable bonds is 3. The van der Waals surface area contributed by atoms with Gasteiger partial charge in [-0.3, -0.25) is 4.79 Å². The average Bonchev–Trinajstić information content (AvgIpc) is 2.73. The van der Waals surface area contributed by atoms with Crippen LogP contribution in [0.5, 0.6) is 0 Å². The van der Waals surface area contributed by atoms with Gasteiger partial charge < -0.3 is 15.5 Å². The standard InChI is InChI=1S/C22H23N3O2/c26-21(19-11-5-2-6-12-19)24-20-13-16-25(17-14-20)22(27)23-15-7-10-18-8-3-1-4-9-18/h1-6,8-9,11-12,20H,13-17H2,(H,23,27)(H,24,26). The number of hydrogen-bond acceptors (Lipinski definition) is 2. The van der Waals surface area contributed by atoms with Crippen LogP contribution in [0, 0.1) is 11.8 Å². The van der Waals surface area contributed by atoms with Crippen molar-refractivity contribution >= 4 is 11.9 Å². The predicted molar refractivity (Wildman–Crippen MR) is 105 cm³/mol. The lowest BCUT2D eigenvalue weighted by Gasteiger charge is -2.32. The van der Waals surface area contributed by atoms with Gasteiger partial charge in [-0.05, 0) is 37.1 Å². The molecule has 1 aliphatic rings. The van der Waals surface area contributed by atoms with E-state index in [1.807, 2.05) is 48.5 Å². The van der Waals surface area contributed by atoms with Crippen LogP contribution in [0.4, 0.5) is 4.79 Å². The third-order valence-electron chi connectivity index (χ3n) is 4.49. The Kier molecular flexibility index (Phi) is 6.48. The first-order valence-electron chi connectivity index (χ1n) is 9.15. The zero-order chi connectivity index (χ0) is 18.9. The first-order chi connectivity index (χ1) is 13.2. The second-order valence-corrected chi connectivity index (χ2v) is 6.43. The van der Waals surface area contributed by atoms with Gasteiger partial charge in [-0.15, -0.1) is 0 Å². The Morgan fingerprint density at radius 3 is 2.26 bits per heavy atom. The van der Waals surface area contributed by atoms with E-state index >= 15 is 0 Å². The van der Waals surface area contributed by atoms with E-state index in [0.29, 0.717) is 25.2 Å². The molecular formula is C22H23N3O2. The topological polar surface area (TPSA) is 61.4 Å². The van der Waals surface area contributed by atoms with E-state index < -0.39 is 0 Å². The lowest BCUT2D eigenvalue weighted by molar-refractivity contribution is 0.0918. The highest BCUT2D eigenvalue weighted by Crippen LogP contribution is 2.11. The Hall–Kier alpha value is -3.26. The molecule has 2 N–H and O–H groups in total. The first kappa shape index (κ1) is 18.5. The lowest BCUT2D eigenvalue weighted by atomic mass is 10.0. The van der Waals surface area contributed by atoms with E-state index in [1.165, 1.54) is 0 Å². The number of likely N-dealkylation sites (tertiary alicyclic amines) is 1. The van der Waals surface area contributed by atoms with E-state index in [2.05, 4.69) is 22.5 Å². The van der Waals surface area contributed by atoms with Crippen LogP contribution >= 0.6 is 0 Å². The smallest absolute Gasteiger partial charge is 0.318 e. The number of amides is 3. The molecule has 0 bridgehead atoms. The van der Waals surface area contributed by atoms with Crippen LogP contribution in [-0.2, 0) is 0 Å². The molecule has 0 radical (unpaired) electrons. The zero-order valence-corrected chi connectivity index (χ0v) is 15.2. The zero-order valence-electron chi connectivity index (χ0n) is 15.2. The van der Waals surface area contributed by atoms with Crippen molar-refractivity contribution < 1.29 is 9.59 Å². The Balaban J connectivity index is 1.39. The number of nitrogens with zero attached hydrogens (tertiary/aromatic N) is 1. The minimum absolute atomic E-state index is 0.0605. The van der Waals surface area contributed by atoms with Crippen LogP contribution in [-0.4, -0.2) is 42.5 Å². The lowest BCUT2D eigenvalue weighted by Crippen LogP contribution is -2.49. The molecule has 1 heterocycles. The minimum atomic E-state index is -0.106. The SMILES string of the molecule is O=C(NC1CCN(C(=O)NCC#Cc2ccccc2)CC1)c1ccccc1. The molecular weight excluding hydrogens is 338 g/mol. The van der Waals surface area contributed by atoms with Crippen molar-refractivity contribution in [2.24, 2.45) is 0 Å². The number of nitrogens with one attached hydrogen (secondary N) is 2. The quantitative estimate of drug-likeness (QED) is 0.826. The van der Waals surface area contributed by atoms with E-state index in [0.717, 1.165) is 18.4 Å². The highest BCUT2D eigenvalue weighted by Gasteiger charge is 2.23. The summed E-state index contributed by atoms with van der Waals surface area (Å²) in [4.78, 5) is 26.2. The third-order valence-corrected chi connectivity index (χ3v) is 4.49. The Labute approximate surface area is 159 Å². The van der Waals surface area contributed by atoms with Gasteiger partial charge in [0, 0.05) is 30.3 Å². The molecule has 27 heavy (non-hydrogen) atoms. The summed E-state index contributed by atoms with van der Waals surface area (Å²) in [6.07, 6.45) is 1.50. The van der Waals surface area contributed by atoms with Crippen molar-refractivity contribution in [3.63, 3.8) is 0 Å². The molecule has 3 rings (SSSR count). The summed E-state index contributed by atoms with van der Waals surface area (Å²) in [6, 6.07) is 18.9. The van der Waals surface area contributed by atoms with Crippen molar-refractivity contribution in [3.8, 4) is 11.8 Å². The van der Waals surface area contributed by atoms with Crippen molar-refractivity contribution in [1.82, 2.24) is 15.5 Å². The maximum atomic E-state index is 12.2. The van der Waals surface area contributed by atoms with Crippen LogP contribution < -0.4 is 10.6 Å². The largest absolute Gasteiger partial charge is 0.349 e. The summed E-state index contributed by atoms with van der Waals surface area (Å²) < 4.78 is 0. The average molecular weight is 361 g/mol. The molecule has 3 amide bonds. The van der Waals surface area contributed by atoms with Crippen LogP contribution in [0.1, 0.15) is 28.8 Å². The van der Waals surface area contributed by atoms with Crippen molar-refractivity contribution in [2.75, 3.05) is 19.6 Å². The molecule has 5 heteroatoms. The maximum Gasteiger partial charge on any atom is 0.318 e. The molecule has 2 aromatic rings. The summed E-state index contributed by atoms with van der Waals surface area (Å²) in [5.41, 5.74) is 1.59. The third kappa shape index (κ3) is 5.61. The highest BCUT2D eigenvalue weighted by molar-refractivity contribution is 5.94. The van der Waals surface area contributed by atoms with Crippen molar-refractivity contribution in [2.45, 2.75) is 18.9 Å². The number of piperidine rings is 1. The molecule has 2 aromatic carbocycles. The van der Waals surface area contributed by atoms with Crippen LogP contribution in [0.3, 0.4) is 0 Å². The summed E-state index contributed by atoms with van der Waals surface area (Å²) in [5, 5.41) is 5.88. The number of benzene rings is 2. The first-order valence-corrected chi connectivity index (χ1v) is 9.15. The maximum absolute atomic E-state index is 12.2. The van der Waals surface area contributed by atoms with Crippen LogP contribution in [0.2, 0.25) is 0 Å². The molecule has 0 spiro atoms. The van der Waals surface area contributed by atoms with Gasteiger partial charge in [0.25, 0.3) is 5.91 Å². The van der Waals surface area contributed by atoms with Gasteiger partial charge in [-0.2, -0.15) is 0 Å². The number of urea groups is 1. The molecule has 0 aromatic heterocycles. The predicted octanol–water partition coefficient (Wildman–Crippen LogP) is 2.64. The molecule has 0 atom stereocenters. The monoisotopic (exact) mass is 361 g/mol.